The zero-order valence-electron chi connectivity index (χ0n) is 15.2. The fourth-order valence-electron chi connectivity index (χ4n) is 3.18. The Hall–Kier alpha value is -3.02. The summed E-state index contributed by atoms with van der Waals surface area (Å²) in [4.78, 5) is 26.5. The summed E-state index contributed by atoms with van der Waals surface area (Å²) < 4.78 is 5.39. The lowest BCUT2D eigenvalue weighted by atomic mass is 9.90. The molecular formula is C20H22N2O4. The van der Waals surface area contributed by atoms with Crippen molar-refractivity contribution >= 4 is 22.8 Å². The van der Waals surface area contributed by atoms with Crippen LogP contribution in [-0.2, 0) is 9.53 Å². The van der Waals surface area contributed by atoms with Crippen LogP contribution >= 0.6 is 0 Å². The first-order valence-corrected chi connectivity index (χ1v) is 8.47. The van der Waals surface area contributed by atoms with Gasteiger partial charge in [0.2, 0.25) is 0 Å². The summed E-state index contributed by atoms with van der Waals surface area (Å²) in [5, 5.41) is 15.0. The van der Waals surface area contributed by atoms with Gasteiger partial charge in [0.1, 0.15) is 5.75 Å². The first kappa shape index (κ1) is 17.8. The van der Waals surface area contributed by atoms with E-state index in [0.29, 0.717) is 16.8 Å². The number of nitrogens with zero attached hydrogens (tertiary/aromatic N) is 1. The number of hydrogen-bond donors (Lipinski definition) is 2. The van der Waals surface area contributed by atoms with Gasteiger partial charge in [-0.3, -0.25) is 0 Å². The normalized spacial score (nSPS) is 17.7. The van der Waals surface area contributed by atoms with Crippen LogP contribution < -0.4 is 5.32 Å². The molecule has 0 unspecified atom stereocenters. The molecule has 0 aromatic heterocycles. The highest BCUT2D eigenvalue weighted by Crippen LogP contribution is 2.39. The lowest BCUT2D eigenvalue weighted by Gasteiger charge is -2.34. The van der Waals surface area contributed by atoms with E-state index in [4.69, 9.17) is 4.74 Å². The number of ether oxygens (including phenoxy) is 1. The van der Waals surface area contributed by atoms with Crippen LogP contribution in [0.15, 0.2) is 47.7 Å². The number of nitrogens with one attached hydrogen (secondary N) is 1. The Bertz CT molecular complexity index is 917. The summed E-state index contributed by atoms with van der Waals surface area (Å²) in [5.74, 6) is -0.497. The van der Waals surface area contributed by atoms with Crippen molar-refractivity contribution in [3.05, 3.63) is 53.2 Å². The van der Waals surface area contributed by atoms with Crippen LogP contribution in [0, 0.1) is 0 Å². The molecule has 1 aliphatic heterocycles. The minimum absolute atomic E-state index is 0.0150. The summed E-state index contributed by atoms with van der Waals surface area (Å²) in [5.41, 5.74) is 1.30. The number of esters is 1. The number of carbonyl (C=O) groups is 2. The van der Waals surface area contributed by atoms with Crippen LogP contribution in [0.25, 0.3) is 10.8 Å². The molecule has 0 aliphatic carbocycles. The van der Waals surface area contributed by atoms with Gasteiger partial charge in [0.15, 0.2) is 0 Å². The molecule has 2 aromatic carbocycles. The van der Waals surface area contributed by atoms with E-state index in [1.54, 1.807) is 40.0 Å². The molecule has 1 heterocycles. The van der Waals surface area contributed by atoms with Gasteiger partial charge in [0.25, 0.3) is 0 Å². The molecule has 2 N–H and O–H groups in total. The number of allylic oxidation sites excluding steroid dienone is 1. The molecule has 1 atom stereocenters. The smallest absolute Gasteiger partial charge is 0.338 e. The second kappa shape index (κ2) is 6.71. The Kier molecular flexibility index (Phi) is 4.59. The van der Waals surface area contributed by atoms with Gasteiger partial charge in [-0.2, -0.15) is 0 Å². The maximum atomic E-state index is 12.8. The lowest BCUT2D eigenvalue weighted by molar-refractivity contribution is -0.143. The van der Waals surface area contributed by atoms with Crippen molar-refractivity contribution in [1.82, 2.24) is 10.2 Å². The van der Waals surface area contributed by atoms with Crippen LogP contribution in [0.2, 0.25) is 0 Å². The van der Waals surface area contributed by atoms with Gasteiger partial charge in [0, 0.05) is 18.3 Å². The topological polar surface area (TPSA) is 78.9 Å². The first-order valence-electron chi connectivity index (χ1n) is 8.47. The minimum atomic E-state index is -0.795. The Morgan fingerprint density at radius 2 is 1.92 bits per heavy atom. The van der Waals surface area contributed by atoms with E-state index in [1.807, 2.05) is 24.3 Å². The van der Waals surface area contributed by atoms with Gasteiger partial charge in [-0.05, 0) is 37.6 Å². The Labute approximate surface area is 152 Å². The quantitative estimate of drug-likeness (QED) is 0.827. The monoisotopic (exact) mass is 354 g/mol. The van der Waals surface area contributed by atoms with E-state index in [0.717, 1.165) is 10.8 Å². The minimum Gasteiger partial charge on any atom is -0.508 e. The van der Waals surface area contributed by atoms with E-state index in [2.05, 4.69) is 5.32 Å². The van der Waals surface area contributed by atoms with Crippen LogP contribution in [-0.4, -0.2) is 35.2 Å². The Morgan fingerprint density at radius 3 is 2.62 bits per heavy atom. The second-order valence-electron chi connectivity index (χ2n) is 6.61. The fraction of sp³-hybridized carbons (Fsp3) is 0.300. The summed E-state index contributed by atoms with van der Waals surface area (Å²) in [6.45, 7) is 5.23. The summed E-state index contributed by atoms with van der Waals surface area (Å²) in [7, 11) is 1.59. The van der Waals surface area contributed by atoms with E-state index < -0.39 is 12.0 Å². The van der Waals surface area contributed by atoms with Crippen molar-refractivity contribution < 1.29 is 19.4 Å². The molecule has 0 bridgehead atoms. The lowest BCUT2D eigenvalue weighted by Crippen LogP contribution is -2.46. The number of carbonyl (C=O) groups excluding carboxylic acids is 2. The van der Waals surface area contributed by atoms with Crippen molar-refractivity contribution in [2.24, 2.45) is 0 Å². The van der Waals surface area contributed by atoms with Gasteiger partial charge >= 0.3 is 12.0 Å². The molecule has 2 aromatic rings. The highest BCUT2D eigenvalue weighted by atomic mass is 16.5. The number of benzene rings is 2. The molecule has 6 heteroatoms. The van der Waals surface area contributed by atoms with Gasteiger partial charge < -0.3 is 20.1 Å². The highest BCUT2D eigenvalue weighted by Gasteiger charge is 2.37. The number of amides is 2. The average molecular weight is 354 g/mol. The average Bonchev–Trinajstić information content (AvgIpc) is 2.58. The van der Waals surface area contributed by atoms with Crippen LogP contribution in [0.5, 0.6) is 5.75 Å². The third-order valence-corrected chi connectivity index (χ3v) is 4.55. The Morgan fingerprint density at radius 1 is 1.23 bits per heavy atom. The van der Waals surface area contributed by atoms with Crippen molar-refractivity contribution in [3.63, 3.8) is 0 Å². The molecule has 2 amide bonds. The summed E-state index contributed by atoms with van der Waals surface area (Å²) >= 11 is 0. The number of rotatable bonds is 3. The Balaban J connectivity index is 2.23. The number of aromatic hydroxyl groups is 1. The number of fused-ring (bicyclic) bond motifs is 1. The van der Waals surface area contributed by atoms with Crippen molar-refractivity contribution in [3.8, 4) is 5.75 Å². The zero-order chi connectivity index (χ0) is 19.0. The SMILES string of the molecule is CC1=C(C(=O)OC(C)C)[C@H](c2c(O)ccc3ccccc23)NC(=O)N1C. The molecule has 0 spiro atoms. The van der Waals surface area contributed by atoms with E-state index >= 15 is 0 Å². The van der Waals surface area contributed by atoms with Crippen molar-refractivity contribution in [2.75, 3.05) is 7.05 Å². The van der Waals surface area contributed by atoms with E-state index in [9.17, 15) is 14.7 Å². The van der Waals surface area contributed by atoms with Crippen LogP contribution in [0.4, 0.5) is 4.79 Å². The number of hydrogen-bond acceptors (Lipinski definition) is 4. The number of phenolic OH excluding ortho intramolecular Hbond substituents is 1. The molecule has 3 rings (SSSR count). The van der Waals surface area contributed by atoms with Crippen molar-refractivity contribution in [2.45, 2.75) is 32.9 Å². The van der Waals surface area contributed by atoms with E-state index in [1.165, 1.54) is 4.90 Å². The van der Waals surface area contributed by atoms with Crippen molar-refractivity contribution in [1.29, 1.82) is 0 Å². The third-order valence-electron chi connectivity index (χ3n) is 4.55. The second-order valence-corrected chi connectivity index (χ2v) is 6.61. The molecule has 136 valence electrons. The van der Waals surface area contributed by atoms with Gasteiger partial charge in [-0.25, -0.2) is 9.59 Å². The largest absolute Gasteiger partial charge is 0.508 e. The van der Waals surface area contributed by atoms with Crippen LogP contribution in [0.3, 0.4) is 0 Å². The van der Waals surface area contributed by atoms with Gasteiger partial charge in [-0.15, -0.1) is 0 Å². The summed E-state index contributed by atoms with van der Waals surface area (Å²) in [6.07, 6.45) is -0.299. The number of phenols is 1. The molecular weight excluding hydrogens is 332 g/mol. The third kappa shape index (κ3) is 2.98. The molecule has 0 saturated carbocycles. The first-order chi connectivity index (χ1) is 12.3. The molecule has 0 fully saturated rings. The molecule has 0 radical (unpaired) electrons. The maximum Gasteiger partial charge on any atom is 0.338 e. The maximum absolute atomic E-state index is 12.8. The molecule has 26 heavy (non-hydrogen) atoms. The summed E-state index contributed by atoms with van der Waals surface area (Å²) in [6, 6.07) is 9.75. The predicted molar refractivity (Wildman–Crippen MR) is 98.6 cm³/mol. The van der Waals surface area contributed by atoms with E-state index in [-0.39, 0.29) is 17.9 Å². The molecule has 1 aliphatic rings. The van der Waals surface area contributed by atoms with Gasteiger partial charge in [0.05, 0.1) is 17.7 Å². The van der Waals surface area contributed by atoms with Gasteiger partial charge in [-0.1, -0.05) is 30.3 Å². The zero-order valence-corrected chi connectivity index (χ0v) is 15.2. The molecule has 0 saturated heterocycles. The predicted octanol–water partition coefficient (Wildman–Crippen LogP) is 3.47. The highest BCUT2D eigenvalue weighted by molar-refractivity contribution is 5.98. The fourth-order valence-corrected chi connectivity index (χ4v) is 3.18. The number of urea groups is 1. The molecule has 6 nitrogen and oxygen atoms in total. The van der Waals surface area contributed by atoms with Crippen LogP contribution in [0.1, 0.15) is 32.4 Å². The standard InChI is InChI=1S/C20H22N2O4/c1-11(2)26-19(24)16-12(3)22(4)20(25)21-18(16)17-14-8-6-5-7-13(14)9-10-15(17)23/h5-11,18,23H,1-4H3,(H,21,25)/t18-/m1/s1.